The Morgan fingerprint density at radius 1 is 1.37 bits per heavy atom. The Morgan fingerprint density at radius 3 is 2.26 bits per heavy atom. The summed E-state index contributed by atoms with van der Waals surface area (Å²) in [5.41, 5.74) is 1.45. The van der Waals surface area contributed by atoms with Crippen LogP contribution in [0.15, 0.2) is 60.9 Å². The van der Waals surface area contributed by atoms with E-state index in [0.717, 1.165) is 0 Å². The third-order valence-electron chi connectivity index (χ3n) is 1.96. The van der Waals surface area contributed by atoms with Crippen LogP contribution in [-0.2, 0) is 9.53 Å². The van der Waals surface area contributed by atoms with Crippen LogP contribution in [-0.4, -0.2) is 5.97 Å². The molecule has 3 nitrogen and oxygen atoms in total. The van der Waals surface area contributed by atoms with E-state index in [0.29, 0.717) is 0 Å². The van der Waals surface area contributed by atoms with Crippen molar-refractivity contribution in [2.75, 3.05) is 0 Å². The standard InChI is InChI=1S/C8H9NO2.C8H8/c1-4-7(5-9)11-8(10)6(2)3;1-2-8-6-4-3-5-7-8/h4H,2H2,1,3H3;2-7H,1H2/b7-4+;. The molecule has 0 atom stereocenters. The van der Waals surface area contributed by atoms with Gasteiger partial charge in [-0.25, -0.2) is 4.79 Å². The zero-order valence-electron chi connectivity index (χ0n) is 11.2. The number of carbonyl (C=O) groups excluding carboxylic acids is 1. The lowest BCUT2D eigenvalue weighted by atomic mass is 10.2. The largest absolute Gasteiger partial charge is 0.412 e. The normalized spacial score (nSPS) is 9.42. The topological polar surface area (TPSA) is 50.1 Å². The molecule has 1 rings (SSSR count). The molecule has 1 aromatic carbocycles. The van der Waals surface area contributed by atoms with Gasteiger partial charge in [-0.2, -0.15) is 5.26 Å². The van der Waals surface area contributed by atoms with Crippen molar-refractivity contribution in [2.24, 2.45) is 0 Å². The van der Waals surface area contributed by atoms with Crippen LogP contribution in [0.4, 0.5) is 0 Å². The Balaban J connectivity index is 0.000000356. The molecule has 0 saturated carbocycles. The number of benzene rings is 1. The van der Waals surface area contributed by atoms with Crippen molar-refractivity contribution < 1.29 is 9.53 Å². The van der Waals surface area contributed by atoms with Gasteiger partial charge in [-0.05, 0) is 25.5 Å². The van der Waals surface area contributed by atoms with Gasteiger partial charge in [-0.1, -0.05) is 49.6 Å². The monoisotopic (exact) mass is 255 g/mol. The number of rotatable bonds is 3. The van der Waals surface area contributed by atoms with E-state index >= 15 is 0 Å². The predicted molar refractivity (Wildman–Crippen MR) is 76.8 cm³/mol. The summed E-state index contributed by atoms with van der Waals surface area (Å²) in [5, 5.41) is 8.33. The van der Waals surface area contributed by atoms with Gasteiger partial charge in [0.25, 0.3) is 0 Å². The highest BCUT2D eigenvalue weighted by molar-refractivity contribution is 5.87. The molecule has 0 amide bonds. The molecule has 0 aliphatic carbocycles. The second-order valence-electron chi connectivity index (χ2n) is 3.55. The number of nitrogens with zero attached hydrogens (tertiary/aromatic N) is 1. The average Bonchev–Trinajstić information content (AvgIpc) is 2.45. The first-order chi connectivity index (χ1) is 9.04. The fourth-order valence-corrected chi connectivity index (χ4v) is 0.922. The van der Waals surface area contributed by atoms with Gasteiger partial charge in [0.1, 0.15) is 6.07 Å². The quantitative estimate of drug-likeness (QED) is 0.356. The summed E-state index contributed by atoms with van der Waals surface area (Å²) < 4.78 is 4.57. The van der Waals surface area contributed by atoms with Gasteiger partial charge >= 0.3 is 5.97 Å². The Hall–Kier alpha value is -2.60. The van der Waals surface area contributed by atoms with Crippen molar-refractivity contribution in [2.45, 2.75) is 13.8 Å². The van der Waals surface area contributed by atoms with Crippen molar-refractivity contribution in [1.82, 2.24) is 0 Å². The third kappa shape index (κ3) is 7.35. The molecular formula is C16H17NO2. The molecular weight excluding hydrogens is 238 g/mol. The lowest BCUT2D eigenvalue weighted by Crippen LogP contribution is -2.03. The summed E-state index contributed by atoms with van der Waals surface area (Å²) in [7, 11) is 0. The molecule has 0 radical (unpaired) electrons. The summed E-state index contributed by atoms with van der Waals surface area (Å²) in [6, 6.07) is 11.7. The second kappa shape index (κ2) is 9.43. The number of allylic oxidation sites excluding steroid dienone is 2. The Kier molecular flexibility index (Phi) is 8.14. The summed E-state index contributed by atoms with van der Waals surface area (Å²) in [6.45, 7) is 10.1. The fraction of sp³-hybridized carbons (Fsp3) is 0.125. The molecule has 19 heavy (non-hydrogen) atoms. The van der Waals surface area contributed by atoms with E-state index < -0.39 is 5.97 Å². The highest BCUT2D eigenvalue weighted by atomic mass is 16.5. The van der Waals surface area contributed by atoms with Gasteiger partial charge in [-0.3, -0.25) is 0 Å². The van der Waals surface area contributed by atoms with Crippen molar-refractivity contribution >= 4 is 12.0 Å². The van der Waals surface area contributed by atoms with E-state index in [1.54, 1.807) is 13.0 Å². The third-order valence-corrected chi connectivity index (χ3v) is 1.96. The molecule has 1 aromatic rings. The van der Waals surface area contributed by atoms with Crippen LogP contribution in [0.3, 0.4) is 0 Å². The number of nitriles is 1. The number of hydrogen-bond acceptors (Lipinski definition) is 3. The van der Waals surface area contributed by atoms with Crippen LogP contribution in [0.1, 0.15) is 19.4 Å². The minimum atomic E-state index is -0.570. The lowest BCUT2D eigenvalue weighted by Gasteiger charge is -1.98. The summed E-state index contributed by atoms with van der Waals surface area (Å²) in [6.07, 6.45) is 3.25. The maximum absolute atomic E-state index is 10.8. The van der Waals surface area contributed by atoms with Gasteiger partial charge in [-0.15, -0.1) is 0 Å². The summed E-state index contributed by atoms with van der Waals surface area (Å²) in [5.74, 6) is -0.572. The van der Waals surface area contributed by atoms with Crippen molar-refractivity contribution in [3.8, 4) is 6.07 Å². The predicted octanol–water partition coefficient (Wildman–Crippen LogP) is 3.86. The van der Waals surface area contributed by atoms with Crippen LogP contribution in [0.25, 0.3) is 6.08 Å². The number of hydrogen-bond donors (Lipinski definition) is 0. The molecule has 0 spiro atoms. The Labute approximate surface area is 114 Å². The van der Waals surface area contributed by atoms with Crippen LogP contribution in [0.5, 0.6) is 0 Å². The maximum Gasteiger partial charge on any atom is 0.339 e. The van der Waals surface area contributed by atoms with E-state index in [4.69, 9.17) is 5.26 Å². The minimum absolute atomic E-state index is 0.00185. The van der Waals surface area contributed by atoms with Crippen LogP contribution in [0, 0.1) is 11.3 Å². The number of esters is 1. The summed E-state index contributed by atoms with van der Waals surface area (Å²) >= 11 is 0. The first-order valence-corrected chi connectivity index (χ1v) is 5.66. The highest BCUT2D eigenvalue weighted by Crippen LogP contribution is 2.00. The fourth-order valence-electron chi connectivity index (χ4n) is 0.922. The average molecular weight is 255 g/mol. The van der Waals surface area contributed by atoms with Crippen LogP contribution < -0.4 is 0 Å². The molecule has 0 heterocycles. The molecule has 0 aliphatic heterocycles. The van der Waals surface area contributed by atoms with Gasteiger partial charge in [0, 0.05) is 5.57 Å². The maximum atomic E-state index is 10.8. The molecule has 0 fully saturated rings. The van der Waals surface area contributed by atoms with E-state index in [1.165, 1.54) is 18.6 Å². The van der Waals surface area contributed by atoms with Gasteiger partial charge < -0.3 is 4.74 Å². The zero-order valence-corrected chi connectivity index (χ0v) is 11.2. The molecule has 3 heteroatoms. The second-order valence-corrected chi connectivity index (χ2v) is 3.55. The smallest absolute Gasteiger partial charge is 0.339 e. The molecule has 0 bridgehead atoms. The van der Waals surface area contributed by atoms with Crippen molar-refractivity contribution in [3.63, 3.8) is 0 Å². The molecule has 0 saturated heterocycles. The Morgan fingerprint density at radius 2 is 1.95 bits per heavy atom. The van der Waals surface area contributed by atoms with Gasteiger partial charge in [0.05, 0.1) is 0 Å². The van der Waals surface area contributed by atoms with Crippen molar-refractivity contribution in [1.29, 1.82) is 5.26 Å². The highest BCUT2D eigenvalue weighted by Gasteiger charge is 2.05. The van der Waals surface area contributed by atoms with Crippen molar-refractivity contribution in [3.05, 3.63) is 66.5 Å². The first-order valence-electron chi connectivity index (χ1n) is 5.66. The molecule has 0 N–H and O–H groups in total. The zero-order chi connectivity index (χ0) is 14.7. The molecule has 0 unspecified atom stereocenters. The van der Waals surface area contributed by atoms with Gasteiger partial charge in [0.2, 0.25) is 5.76 Å². The first kappa shape index (κ1) is 16.4. The number of ether oxygens (including phenoxy) is 1. The summed E-state index contributed by atoms with van der Waals surface area (Å²) in [4.78, 5) is 10.8. The molecule has 0 aliphatic rings. The number of carbonyl (C=O) groups is 1. The molecule has 98 valence electrons. The molecule has 0 aromatic heterocycles. The van der Waals surface area contributed by atoms with Crippen LogP contribution in [0.2, 0.25) is 0 Å². The van der Waals surface area contributed by atoms with E-state index in [2.05, 4.69) is 17.9 Å². The van der Waals surface area contributed by atoms with Crippen LogP contribution >= 0.6 is 0 Å². The SMILES string of the molecule is C=C(C)C(=O)O/C(C#N)=C/C.C=Cc1ccccc1. The lowest BCUT2D eigenvalue weighted by molar-refractivity contribution is -0.134. The van der Waals surface area contributed by atoms with Gasteiger partial charge in [0.15, 0.2) is 0 Å². The Bertz CT molecular complexity index is 507. The van der Waals surface area contributed by atoms with E-state index in [9.17, 15) is 4.79 Å². The van der Waals surface area contributed by atoms with E-state index in [-0.39, 0.29) is 11.3 Å². The minimum Gasteiger partial charge on any atom is -0.412 e. The van der Waals surface area contributed by atoms with E-state index in [1.807, 2.05) is 36.4 Å².